The molecule has 3 aromatic rings. The first kappa shape index (κ1) is 31.1. The van der Waals surface area contributed by atoms with Gasteiger partial charge in [-0.15, -0.1) is 0 Å². The second kappa shape index (κ2) is 13.4. The molecule has 0 unspecified atom stereocenters. The van der Waals surface area contributed by atoms with Gasteiger partial charge >= 0.3 is 0 Å². The van der Waals surface area contributed by atoms with Crippen LogP contribution in [0.5, 0.6) is 17.2 Å². The number of rotatable bonds is 13. The van der Waals surface area contributed by atoms with Gasteiger partial charge in [0.2, 0.25) is 15.9 Å². The monoisotopic (exact) mass is 617 g/mol. The van der Waals surface area contributed by atoms with Gasteiger partial charge in [0.1, 0.15) is 18.9 Å². The molecule has 3 aromatic carbocycles. The van der Waals surface area contributed by atoms with Crippen LogP contribution in [0.25, 0.3) is 0 Å². The molecule has 11 nitrogen and oxygen atoms in total. The Bertz CT molecular complexity index is 1590. The minimum atomic E-state index is -4.16. The zero-order valence-electron chi connectivity index (χ0n) is 23.8. The molecule has 4 rings (SSSR count). The number of hydrogen-bond acceptors (Lipinski definition) is 8. The van der Waals surface area contributed by atoms with Gasteiger partial charge in [-0.05, 0) is 68.3 Å². The summed E-state index contributed by atoms with van der Waals surface area (Å²) in [5.41, 5.74) is 1.26. The van der Waals surface area contributed by atoms with Crippen molar-refractivity contribution in [2.24, 2.45) is 0 Å². The number of benzene rings is 3. The lowest BCUT2D eigenvalue weighted by Crippen LogP contribution is -2.41. The van der Waals surface area contributed by atoms with Crippen molar-refractivity contribution in [3.05, 3.63) is 72.3 Å². The van der Waals surface area contributed by atoms with Crippen LogP contribution < -0.4 is 23.8 Å². The summed E-state index contributed by atoms with van der Waals surface area (Å²) in [5.74, 6) is 0.529. The van der Waals surface area contributed by atoms with Gasteiger partial charge < -0.3 is 19.5 Å². The number of hydrogen-bond donors (Lipinski definition) is 1. The normalized spacial score (nSPS) is 13.9. The topological polar surface area (TPSA) is 132 Å². The van der Waals surface area contributed by atoms with E-state index in [1.807, 2.05) is 6.92 Å². The molecule has 1 aliphatic rings. The van der Waals surface area contributed by atoms with Gasteiger partial charge in [0.05, 0.1) is 36.2 Å². The van der Waals surface area contributed by atoms with Gasteiger partial charge in [-0.25, -0.2) is 16.8 Å². The van der Waals surface area contributed by atoms with Crippen molar-refractivity contribution in [2.75, 3.05) is 51.3 Å². The van der Waals surface area contributed by atoms with Crippen LogP contribution in [0, 0.1) is 6.92 Å². The molecule has 1 heterocycles. The molecule has 0 aromatic heterocycles. The third-order valence-electron chi connectivity index (χ3n) is 6.77. The fourth-order valence-electron chi connectivity index (χ4n) is 4.46. The van der Waals surface area contributed by atoms with Crippen LogP contribution in [0.2, 0.25) is 0 Å². The molecule has 1 fully saturated rings. The summed E-state index contributed by atoms with van der Waals surface area (Å²) in [6.45, 7) is 2.66. The lowest BCUT2D eigenvalue weighted by Gasteiger charge is -2.24. The van der Waals surface area contributed by atoms with Gasteiger partial charge in [-0.1, -0.05) is 17.7 Å². The molecule has 1 saturated heterocycles. The molecule has 0 saturated carbocycles. The lowest BCUT2D eigenvalue weighted by atomic mass is 10.2. The van der Waals surface area contributed by atoms with E-state index in [-0.39, 0.29) is 28.7 Å². The molecule has 1 aliphatic heterocycles. The predicted molar refractivity (Wildman–Crippen MR) is 158 cm³/mol. The molecule has 0 aliphatic carbocycles. The summed E-state index contributed by atoms with van der Waals surface area (Å²) in [4.78, 5) is 13.0. The molecule has 1 amide bonds. The van der Waals surface area contributed by atoms with Gasteiger partial charge in [0.15, 0.2) is 11.5 Å². The summed E-state index contributed by atoms with van der Waals surface area (Å²) < 4.78 is 71.4. The van der Waals surface area contributed by atoms with E-state index in [1.54, 1.807) is 36.4 Å². The van der Waals surface area contributed by atoms with Crippen molar-refractivity contribution in [1.29, 1.82) is 0 Å². The highest BCUT2D eigenvalue weighted by molar-refractivity contribution is 7.92. The Morgan fingerprint density at radius 3 is 2.10 bits per heavy atom. The molecular weight excluding hydrogens is 582 g/mol. The summed E-state index contributed by atoms with van der Waals surface area (Å²) in [6.07, 6.45) is 1.72. The number of carbonyl (C=O) groups is 1. The third-order valence-corrected chi connectivity index (χ3v) is 10.5. The molecule has 0 bridgehead atoms. The van der Waals surface area contributed by atoms with E-state index in [2.05, 4.69) is 5.32 Å². The fraction of sp³-hybridized carbons (Fsp3) is 0.345. The zero-order valence-corrected chi connectivity index (χ0v) is 25.4. The second-order valence-electron chi connectivity index (χ2n) is 9.65. The van der Waals surface area contributed by atoms with E-state index < -0.39 is 32.5 Å². The largest absolute Gasteiger partial charge is 0.493 e. The van der Waals surface area contributed by atoms with Gasteiger partial charge in [0, 0.05) is 19.2 Å². The van der Waals surface area contributed by atoms with E-state index >= 15 is 0 Å². The van der Waals surface area contributed by atoms with Gasteiger partial charge in [-0.2, -0.15) is 4.31 Å². The Hall–Kier alpha value is -3.81. The Morgan fingerprint density at radius 1 is 0.857 bits per heavy atom. The van der Waals surface area contributed by atoms with E-state index in [1.165, 1.54) is 48.9 Å². The quantitative estimate of drug-likeness (QED) is 0.290. The van der Waals surface area contributed by atoms with Crippen LogP contribution in [0.3, 0.4) is 0 Å². The van der Waals surface area contributed by atoms with Crippen LogP contribution >= 0.6 is 0 Å². The standard InChI is InChI=1S/C29H35N3O8S2/c1-22-6-8-23(9-7-22)32(42(36,37)26-14-15-27(38-2)28(20-26)39-3)21-29(33)30-16-19-40-24-10-12-25(13-11-24)41(34,35)31-17-4-5-18-31/h6-15,20H,4-5,16-19,21H2,1-3H3,(H,30,33). The smallest absolute Gasteiger partial charge is 0.264 e. The van der Waals surface area contributed by atoms with Crippen molar-refractivity contribution in [2.45, 2.75) is 29.6 Å². The van der Waals surface area contributed by atoms with Crippen molar-refractivity contribution in [3.63, 3.8) is 0 Å². The fourth-order valence-corrected chi connectivity index (χ4v) is 7.42. The summed E-state index contributed by atoms with van der Waals surface area (Å²) >= 11 is 0. The number of methoxy groups -OCH3 is 2. The maximum absolute atomic E-state index is 13.7. The van der Waals surface area contributed by atoms with E-state index in [0.29, 0.717) is 30.3 Å². The predicted octanol–water partition coefficient (Wildman–Crippen LogP) is 3.19. The summed E-state index contributed by atoms with van der Waals surface area (Å²) in [6, 6.07) is 17.2. The maximum atomic E-state index is 13.7. The number of amides is 1. The minimum Gasteiger partial charge on any atom is -0.493 e. The average molecular weight is 618 g/mol. The lowest BCUT2D eigenvalue weighted by molar-refractivity contribution is -0.119. The molecular formula is C29H35N3O8S2. The van der Waals surface area contributed by atoms with Crippen LogP contribution in [0.1, 0.15) is 18.4 Å². The van der Waals surface area contributed by atoms with Crippen molar-refractivity contribution in [3.8, 4) is 17.2 Å². The van der Waals surface area contributed by atoms with E-state index in [9.17, 15) is 21.6 Å². The number of sulfonamides is 2. The third kappa shape index (κ3) is 7.15. The molecule has 0 radical (unpaired) electrons. The van der Waals surface area contributed by atoms with Crippen LogP contribution in [0.15, 0.2) is 76.5 Å². The highest BCUT2D eigenvalue weighted by Crippen LogP contribution is 2.32. The van der Waals surface area contributed by atoms with E-state index in [4.69, 9.17) is 14.2 Å². The highest BCUT2D eigenvalue weighted by atomic mass is 32.2. The van der Waals surface area contributed by atoms with Crippen molar-refractivity contribution >= 4 is 31.6 Å². The molecule has 13 heteroatoms. The zero-order chi connectivity index (χ0) is 30.3. The Labute approximate surface area is 247 Å². The Kier molecular flexibility index (Phi) is 9.97. The van der Waals surface area contributed by atoms with Gasteiger partial charge in [0.25, 0.3) is 10.0 Å². The first-order valence-electron chi connectivity index (χ1n) is 13.4. The van der Waals surface area contributed by atoms with Crippen molar-refractivity contribution < 1.29 is 35.8 Å². The molecule has 0 spiro atoms. The maximum Gasteiger partial charge on any atom is 0.264 e. The number of ether oxygens (including phenoxy) is 3. The molecule has 1 N–H and O–H groups in total. The first-order valence-corrected chi connectivity index (χ1v) is 16.3. The van der Waals surface area contributed by atoms with Crippen molar-refractivity contribution in [1.82, 2.24) is 9.62 Å². The average Bonchev–Trinajstić information content (AvgIpc) is 3.55. The minimum absolute atomic E-state index is 0.0629. The number of carbonyl (C=O) groups excluding carboxylic acids is 1. The Balaban J connectivity index is 1.40. The molecule has 0 atom stereocenters. The molecule has 42 heavy (non-hydrogen) atoms. The SMILES string of the molecule is COc1ccc(S(=O)(=O)N(CC(=O)NCCOc2ccc(S(=O)(=O)N3CCCC3)cc2)c2ccc(C)cc2)cc1OC. The molecule has 226 valence electrons. The van der Waals surface area contributed by atoms with E-state index in [0.717, 1.165) is 22.7 Å². The number of aryl methyl sites for hydroxylation is 1. The second-order valence-corrected chi connectivity index (χ2v) is 13.4. The highest BCUT2D eigenvalue weighted by Gasteiger charge is 2.29. The van der Waals surface area contributed by atoms with Gasteiger partial charge in [-0.3, -0.25) is 9.10 Å². The van der Waals surface area contributed by atoms with Crippen LogP contribution in [0.4, 0.5) is 5.69 Å². The first-order chi connectivity index (χ1) is 20.1. The number of nitrogens with one attached hydrogen (secondary N) is 1. The summed E-state index contributed by atoms with van der Waals surface area (Å²) in [7, 11) is -4.82. The summed E-state index contributed by atoms with van der Waals surface area (Å²) in [5, 5.41) is 2.68. The Morgan fingerprint density at radius 2 is 1.48 bits per heavy atom. The van der Waals surface area contributed by atoms with Crippen LogP contribution in [-0.2, 0) is 24.8 Å². The number of anilines is 1. The number of nitrogens with zero attached hydrogens (tertiary/aromatic N) is 2. The van der Waals surface area contributed by atoms with Crippen LogP contribution in [-0.4, -0.2) is 74.1 Å².